The van der Waals surface area contributed by atoms with Crippen molar-refractivity contribution in [3.05, 3.63) is 51.4 Å². The Labute approximate surface area is 212 Å². The van der Waals surface area contributed by atoms with Gasteiger partial charge in [0.15, 0.2) is 11.5 Å². The molecule has 1 heterocycles. The van der Waals surface area contributed by atoms with Crippen molar-refractivity contribution in [3.63, 3.8) is 0 Å². The Kier molecular flexibility index (Phi) is 9.09. The van der Waals surface area contributed by atoms with E-state index in [4.69, 9.17) is 28.1 Å². The summed E-state index contributed by atoms with van der Waals surface area (Å²) >= 11 is 0. The largest absolute Gasteiger partial charge is 0.496 e. The first-order chi connectivity index (χ1) is 17.4. The molecule has 1 atom stereocenters. The fourth-order valence-electron chi connectivity index (χ4n) is 4.78. The fraction of sp³-hybridized carbons (Fsp3) is 0.464. The molecular formula is C28H37NO7. The van der Waals surface area contributed by atoms with Crippen molar-refractivity contribution in [2.24, 2.45) is 0 Å². The van der Waals surface area contributed by atoms with Gasteiger partial charge in [-0.3, -0.25) is 0 Å². The molecule has 3 aromatic rings. The van der Waals surface area contributed by atoms with Crippen molar-refractivity contribution < 1.29 is 28.1 Å². The maximum atomic E-state index is 12.5. The van der Waals surface area contributed by atoms with Crippen LogP contribution in [0.3, 0.4) is 0 Å². The summed E-state index contributed by atoms with van der Waals surface area (Å²) < 4.78 is 34.2. The first-order valence-corrected chi connectivity index (χ1v) is 12.1. The predicted octanol–water partition coefficient (Wildman–Crippen LogP) is 5.01. The second-order valence-corrected chi connectivity index (χ2v) is 8.47. The van der Waals surface area contributed by atoms with E-state index in [9.17, 15) is 4.79 Å². The van der Waals surface area contributed by atoms with E-state index in [-0.39, 0.29) is 5.92 Å². The molecule has 0 aliphatic carbocycles. The molecule has 196 valence electrons. The first kappa shape index (κ1) is 27.2. The number of rotatable bonds is 12. The Bertz CT molecular complexity index is 1220. The normalized spacial score (nSPS) is 12.0. The second-order valence-electron chi connectivity index (χ2n) is 8.47. The summed E-state index contributed by atoms with van der Waals surface area (Å²) in [4.78, 5) is 14.9. The molecule has 36 heavy (non-hydrogen) atoms. The van der Waals surface area contributed by atoms with Crippen molar-refractivity contribution in [3.8, 4) is 28.7 Å². The molecule has 0 fully saturated rings. The third-order valence-electron chi connectivity index (χ3n) is 6.68. The Balaban J connectivity index is 2.39. The smallest absolute Gasteiger partial charge is 0.336 e. The van der Waals surface area contributed by atoms with Crippen LogP contribution in [0, 0.1) is 6.92 Å². The van der Waals surface area contributed by atoms with Crippen LogP contribution < -0.4 is 29.3 Å². The number of aryl methyl sites for hydroxylation is 1. The Morgan fingerprint density at radius 2 is 1.39 bits per heavy atom. The van der Waals surface area contributed by atoms with E-state index in [1.807, 2.05) is 25.1 Å². The van der Waals surface area contributed by atoms with Gasteiger partial charge >= 0.3 is 5.63 Å². The predicted molar refractivity (Wildman–Crippen MR) is 141 cm³/mol. The van der Waals surface area contributed by atoms with Crippen LogP contribution in [0.5, 0.6) is 28.7 Å². The van der Waals surface area contributed by atoms with Crippen LogP contribution in [0.1, 0.15) is 42.9 Å². The Morgan fingerprint density at radius 3 is 1.89 bits per heavy atom. The number of ether oxygens (including phenoxy) is 5. The summed E-state index contributed by atoms with van der Waals surface area (Å²) in [6.45, 7) is 8.83. The number of nitrogens with zero attached hydrogens (tertiary/aromatic N) is 1. The molecule has 8 nitrogen and oxygen atoms in total. The fourth-order valence-corrected chi connectivity index (χ4v) is 4.78. The summed E-state index contributed by atoms with van der Waals surface area (Å²) in [5.41, 5.74) is 2.49. The molecule has 0 N–H and O–H groups in total. The standard InChI is InChI=1S/C28H37NO7/c1-9-29(10-2)12-11-19(18-14-22(33-6)27(35-8)23(15-18)34-7)26-21(32-5)16-20(31-4)25-17(3)13-24(30)36-28(25)26/h13-16,19H,9-12H2,1-8H3/t19-/m1/s1. The maximum absolute atomic E-state index is 12.5. The number of fused-ring (bicyclic) bond motifs is 1. The summed E-state index contributed by atoms with van der Waals surface area (Å²) in [5, 5.41) is 0.744. The highest BCUT2D eigenvalue weighted by molar-refractivity contribution is 5.92. The molecule has 0 amide bonds. The highest BCUT2D eigenvalue weighted by atomic mass is 16.5. The third kappa shape index (κ3) is 5.23. The van der Waals surface area contributed by atoms with Gasteiger partial charge in [0.25, 0.3) is 0 Å². The minimum absolute atomic E-state index is 0.215. The zero-order chi connectivity index (χ0) is 26.4. The van der Waals surface area contributed by atoms with Crippen LogP contribution in [0.25, 0.3) is 11.0 Å². The van der Waals surface area contributed by atoms with Crippen molar-refractivity contribution in [1.29, 1.82) is 0 Å². The molecule has 0 saturated carbocycles. The third-order valence-corrected chi connectivity index (χ3v) is 6.68. The maximum Gasteiger partial charge on any atom is 0.336 e. The molecule has 0 spiro atoms. The van der Waals surface area contributed by atoms with Crippen LogP contribution in [0.4, 0.5) is 0 Å². The van der Waals surface area contributed by atoms with E-state index in [0.717, 1.165) is 48.1 Å². The lowest BCUT2D eigenvalue weighted by atomic mass is 9.85. The van der Waals surface area contributed by atoms with Gasteiger partial charge in [-0.05, 0) is 56.2 Å². The van der Waals surface area contributed by atoms with Gasteiger partial charge < -0.3 is 33.0 Å². The number of methoxy groups -OCH3 is 5. The first-order valence-electron chi connectivity index (χ1n) is 12.1. The molecule has 1 aromatic heterocycles. The molecule has 0 bridgehead atoms. The van der Waals surface area contributed by atoms with E-state index >= 15 is 0 Å². The molecule has 0 aliphatic rings. The average Bonchev–Trinajstić information content (AvgIpc) is 2.89. The van der Waals surface area contributed by atoms with Crippen LogP contribution >= 0.6 is 0 Å². The zero-order valence-electron chi connectivity index (χ0n) is 22.5. The van der Waals surface area contributed by atoms with Crippen molar-refractivity contribution in [2.75, 3.05) is 55.2 Å². The van der Waals surface area contributed by atoms with E-state index in [2.05, 4.69) is 18.7 Å². The lowest BCUT2D eigenvalue weighted by Gasteiger charge is -2.27. The lowest BCUT2D eigenvalue weighted by Crippen LogP contribution is -2.25. The van der Waals surface area contributed by atoms with Gasteiger partial charge in [0.2, 0.25) is 5.75 Å². The monoisotopic (exact) mass is 499 g/mol. The quantitative estimate of drug-likeness (QED) is 0.322. The highest BCUT2D eigenvalue weighted by Crippen LogP contribution is 2.47. The van der Waals surface area contributed by atoms with Crippen molar-refractivity contribution >= 4 is 11.0 Å². The summed E-state index contributed by atoms with van der Waals surface area (Å²) in [6, 6.07) is 7.22. The second kappa shape index (κ2) is 12.0. The van der Waals surface area contributed by atoms with E-state index < -0.39 is 5.63 Å². The molecule has 0 saturated heterocycles. The number of hydrogen-bond donors (Lipinski definition) is 0. The van der Waals surface area contributed by atoms with Crippen LogP contribution in [0.15, 0.2) is 33.5 Å². The average molecular weight is 500 g/mol. The minimum atomic E-state index is -0.427. The minimum Gasteiger partial charge on any atom is -0.496 e. The molecular weight excluding hydrogens is 462 g/mol. The lowest BCUT2D eigenvalue weighted by molar-refractivity contribution is 0.292. The molecule has 0 unspecified atom stereocenters. The topological polar surface area (TPSA) is 79.6 Å². The van der Waals surface area contributed by atoms with Crippen LogP contribution in [-0.2, 0) is 0 Å². The van der Waals surface area contributed by atoms with E-state index in [1.165, 1.54) is 6.07 Å². The summed E-state index contributed by atoms with van der Waals surface area (Å²) in [7, 11) is 7.97. The Hall–Kier alpha value is -3.39. The van der Waals surface area contributed by atoms with Gasteiger partial charge in [-0.2, -0.15) is 0 Å². The number of benzene rings is 2. The molecule has 3 rings (SSSR count). The summed E-state index contributed by atoms with van der Waals surface area (Å²) in [6.07, 6.45) is 0.732. The van der Waals surface area contributed by atoms with Crippen molar-refractivity contribution in [1.82, 2.24) is 4.90 Å². The molecule has 8 heteroatoms. The number of hydrogen-bond acceptors (Lipinski definition) is 8. The van der Waals surface area contributed by atoms with Gasteiger partial charge in [0.1, 0.15) is 17.1 Å². The van der Waals surface area contributed by atoms with Gasteiger partial charge in [0, 0.05) is 23.6 Å². The molecule has 0 radical (unpaired) electrons. The SMILES string of the molecule is CCN(CC)CC[C@H](c1cc(OC)c(OC)c(OC)c1)c1c(OC)cc(OC)c2c(C)cc(=O)oc12. The van der Waals surface area contributed by atoms with Crippen LogP contribution in [-0.4, -0.2) is 60.1 Å². The van der Waals surface area contributed by atoms with Gasteiger partial charge in [-0.1, -0.05) is 13.8 Å². The van der Waals surface area contributed by atoms with Crippen LogP contribution in [0.2, 0.25) is 0 Å². The zero-order valence-corrected chi connectivity index (χ0v) is 22.5. The van der Waals surface area contributed by atoms with Gasteiger partial charge in [-0.15, -0.1) is 0 Å². The van der Waals surface area contributed by atoms with Crippen molar-refractivity contribution in [2.45, 2.75) is 33.1 Å². The Morgan fingerprint density at radius 1 is 0.806 bits per heavy atom. The van der Waals surface area contributed by atoms with Gasteiger partial charge in [0.05, 0.1) is 40.9 Å². The summed E-state index contributed by atoms with van der Waals surface area (Å²) in [5.74, 6) is 2.56. The van der Waals surface area contributed by atoms with E-state index in [1.54, 1.807) is 35.5 Å². The molecule has 0 aliphatic heterocycles. The molecule has 2 aromatic carbocycles. The highest BCUT2D eigenvalue weighted by Gasteiger charge is 2.28. The van der Waals surface area contributed by atoms with E-state index in [0.29, 0.717) is 34.3 Å². The van der Waals surface area contributed by atoms with Gasteiger partial charge in [-0.25, -0.2) is 4.79 Å².